The Bertz CT molecular complexity index is 967. The van der Waals surface area contributed by atoms with Crippen LogP contribution in [0.25, 0.3) is 0 Å². The largest absolute Gasteiger partial charge is 0.487 e. The van der Waals surface area contributed by atoms with Gasteiger partial charge in [-0.25, -0.2) is 0 Å². The molecule has 1 spiro atoms. The first-order valence-corrected chi connectivity index (χ1v) is 11.0. The van der Waals surface area contributed by atoms with Gasteiger partial charge in [0.1, 0.15) is 11.4 Å². The molecule has 5 nitrogen and oxygen atoms in total. The Morgan fingerprint density at radius 2 is 1.77 bits per heavy atom. The maximum atomic E-state index is 13.1. The Hall–Kier alpha value is -2.53. The number of fused-ring (bicyclic) bond motifs is 1. The number of benzene rings is 2. The number of likely N-dealkylation sites (tertiary alicyclic amines) is 1. The molecular formula is C24H25ClN2O3. The van der Waals surface area contributed by atoms with Crippen LogP contribution in [0.2, 0.25) is 5.02 Å². The van der Waals surface area contributed by atoms with Crippen molar-refractivity contribution in [2.45, 2.75) is 37.7 Å². The van der Waals surface area contributed by atoms with E-state index in [9.17, 15) is 9.59 Å². The molecule has 0 aliphatic carbocycles. The summed E-state index contributed by atoms with van der Waals surface area (Å²) < 4.78 is 6.40. The summed E-state index contributed by atoms with van der Waals surface area (Å²) in [5.74, 6) is 0.793. The molecule has 0 saturated carbocycles. The molecule has 1 atom stereocenters. The number of hydrogen-bond acceptors (Lipinski definition) is 3. The van der Waals surface area contributed by atoms with Crippen molar-refractivity contribution in [3.05, 3.63) is 59.1 Å². The molecule has 156 valence electrons. The third-order valence-electron chi connectivity index (χ3n) is 6.75. The molecule has 0 bridgehead atoms. The van der Waals surface area contributed by atoms with Crippen LogP contribution in [0.3, 0.4) is 0 Å². The van der Waals surface area contributed by atoms with Gasteiger partial charge in [-0.1, -0.05) is 29.8 Å². The molecule has 3 heterocycles. The molecule has 0 N–H and O–H groups in total. The second-order valence-corrected chi connectivity index (χ2v) is 9.04. The lowest BCUT2D eigenvalue weighted by Crippen LogP contribution is -2.52. The van der Waals surface area contributed by atoms with Crippen molar-refractivity contribution in [2.75, 3.05) is 24.5 Å². The third-order valence-corrected chi connectivity index (χ3v) is 7.00. The zero-order valence-electron chi connectivity index (χ0n) is 16.9. The summed E-state index contributed by atoms with van der Waals surface area (Å²) >= 11 is 5.95. The smallest absolute Gasteiger partial charge is 0.228 e. The Labute approximate surface area is 181 Å². The lowest BCUT2D eigenvalue weighted by atomic mass is 9.83. The summed E-state index contributed by atoms with van der Waals surface area (Å²) in [5, 5.41) is 0.632. The van der Waals surface area contributed by atoms with Gasteiger partial charge in [0.2, 0.25) is 11.8 Å². The Morgan fingerprint density at radius 1 is 1.03 bits per heavy atom. The number of amides is 2. The van der Waals surface area contributed by atoms with Crippen LogP contribution in [0.4, 0.5) is 5.69 Å². The quantitative estimate of drug-likeness (QED) is 0.729. The molecule has 0 radical (unpaired) electrons. The lowest BCUT2D eigenvalue weighted by Gasteiger charge is -2.45. The summed E-state index contributed by atoms with van der Waals surface area (Å²) in [6.07, 6.45) is 3.98. The van der Waals surface area contributed by atoms with Gasteiger partial charge in [-0.05, 0) is 48.7 Å². The summed E-state index contributed by atoms with van der Waals surface area (Å²) in [6, 6.07) is 15.4. The maximum Gasteiger partial charge on any atom is 0.228 e. The van der Waals surface area contributed by atoms with Crippen molar-refractivity contribution in [3.8, 4) is 5.75 Å². The van der Waals surface area contributed by atoms with E-state index in [1.165, 1.54) is 5.56 Å². The van der Waals surface area contributed by atoms with Crippen LogP contribution in [-0.2, 0) is 16.0 Å². The summed E-state index contributed by atoms with van der Waals surface area (Å²) in [5.41, 5.74) is 1.91. The number of anilines is 1. The van der Waals surface area contributed by atoms with Gasteiger partial charge in [-0.15, -0.1) is 0 Å². The van der Waals surface area contributed by atoms with Gasteiger partial charge >= 0.3 is 0 Å². The molecule has 2 aromatic carbocycles. The minimum absolute atomic E-state index is 0.00336. The van der Waals surface area contributed by atoms with E-state index in [2.05, 4.69) is 12.1 Å². The maximum absolute atomic E-state index is 13.1. The van der Waals surface area contributed by atoms with Gasteiger partial charge in [0.25, 0.3) is 0 Å². The minimum Gasteiger partial charge on any atom is -0.487 e. The van der Waals surface area contributed by atoms with Crippen LogP contribution < -0.4 is 9.64 Å². The number of carbonyl (C=O) groups is 2. The first kappa shape index (κ1) is 19.4. The van der Waals surface area contributed by atoms with E-state index in [1.807, 2.05) is 29.2 Å². The molecule has 2 saturated heterocycles. The molecule has 3 aliphatic heterocycles. The predicted molar refractivity (Wildman–Crippen MR) is 116 cm³/mol. The van der Waals surface area contributed by atoms with Gasteiger partial charge < -0.3 is 14.5 Å². The number of para-hydroxylation sites is 1. The van der Waals surface area contributed by atoms with E-state index in [0.717, 1.165) is 37.1 Å². The summed E-state index contributed by atoms with van der Waals surface area (Å²) in [6.45, 7) is 1.81. The summed E-state index contributed by atoms with van der Waals surface area (Å²) in [4.78, 5) is 29.3. The SMILES string of the molecule is O=C(C1CC(=O)N(c2ccc(Cl)cc2)C1)N1CCC2(CCc3ccccc3O2)CC1. The molecule has 3 aliphatic rings. The van der Waals surface area contributed by atoms with Crippen LogP contribution >= 0.6 is 11.6 Å². The molecule has 0 aromatic heterocycles. The Morgan fingerprint density at radius 3 is 2.53 bits per heavy atom. The highest BCUT2D eigenvalue weighted by Crippen LogP contribution is 2.39. The number of hydrogen-bond donors (Lipinski definition) is 0. The van der Waals surface area contributed by atoms with Gasteiger partial charge in [0.05, 0.1) is 5.92 Å². The third kappa shape index (κ3) is 3.56. The Balaban J connectivity index is 1.21. The number of halogens is 1. The van der Waals surface area contributed by atoms with Gasteiger partial charge in [-0.3, -0.25) is 9.59 Å². The monoisotopic (exact) mass is 424 g/mol. The van der Waals surface area contributed by atoms with Crippen molar-refractivity contribution in [2.24, 2.45) is 5.92 Å². The number of nitrogens with zero attached hydrogens (tertiary/aromatic N) is 2. The molecule has 30 heavy (non-hydrogen) atoms. The highest BCUT2D eigenvalue weighted by molar-refractivity contribution is 6.30. The van der Waals surface area contributed by atoms with E-state index in [0.29, 0.717) is 24.7 Å². The van der Waals surface area contributed by atoms with E-state index in [4.69, 9.17) is 16.3 Å². The van der Waals surface area contributed by atoms with E-state index < -0.39 is 0 Å². The fourth-order valence-electron chi connectivity index (χ4n) is 4.95. The number of aryl methyl sites for hydroxylation is 1. The fraction of sp³-hybridized carbons (Fsp3) is 0.417. The van der Waals surface area contributed by atoms with Gasteiger partial charge in [0.15, 0.2) is 0 Å². The molecule has 2 fully saturated rings. The highest BCUT2D eigenvalue weighted by atomic mass is 35.5. The molecule has 2 amide bonds. The highest BCUT2D eigenvalue weighted by Gasteiger charge is 2.43. The number of rotatable bonds is 2. The predicted octanol–water partition coefficient (Wildman–Crippen LogP) is 4.08. The van der Waals surface area contributed by atoms with Gasteiger partial charge in [-0.2, -0.15) is 0 Å². The number of piperidine rings is 1. The van der Waals surface area contributed by atoms with Crippen LogP contribution in [0, 0.1) is 5.92 Å². The van der Waals surface area contributed by atoms with Crippen LogP contribution in [0.5, 0.6) is 5.75 Å². The number of carbonyl (C=O) groups excluding carboxylic acids is 2. The molecule has 1 unspecified atom stereocenters. The first-order chi connectivity index (χ1) is 14.5. The fourth-order valence-corrected chi connectivity index (χ4v) is 5.07. The average Bonchev–Trinajstić information content (AvgIpc) is 3.16. The standard InChI is InChI=1S/C24H25ClN2O3/c25-19-5-7-20(8-6-19)27-16-18(15-22(27)28)23(29)26-13-11-24(12-14-26)10-9-17-3-1-2-4-21(17)30-24/h1-8,18H,9-16H2. The first-order valence-electron chi connectivity index (χ1n) is 10.6. The van der Waals surface area contributed by atoms with Crippen molar-refractivity contribution < 1.29 is 14.3 Å². The van der Waals surface area contributed by atoms with E-state index >= 15 is 0 Å². The minimum atomic E-state index is -0.282. The molecular weight excluding hydrogens is 400 g/mol. The second kappa shape index (κ2) is 7.62. The molecule has 5 rings (SSSR count). The molecule has 6 heteroatoms. The number of ether oxygens (including phenoxy) is 1. The van der Waals surface area contributed by atoms with Crippen molar-refractivity contribution >= 4 is 29.1 Å². The van der Waals surface area contributed by atoms with Crippen LogP contribution in [0.1, 0.15) is 31.2 Å². The zero-order valence-corrected chi connectivity index (χ0v) is 17.6. The average molecular weight is 425 g/mol. The van der Waals surface area contributed by atoms with Crippen LogP contribution in [0.15, 0.2) is 48.5 Å². The Kier molecular flexibility index (Phi) is 4.94. The zero-order chi connectivity index (χ0) is 20.7. The normalized spacial score (nSPS) is 22.7. The van der Waals surface area contributed by atoms with Crippen molar-refractivity contribution in [1.29, 1.82) is 0 Å². The molecule has 2 aromatic rings. The lowest BCUT2D eigenvalue weighted by molar-refractivity contribution is -0.139. The second-order valence-electron chi connectivity index (χ2n) is 8.60. The van der Waals surface area contributed by atoms with E-state index in [1.54, 1.807) is 17.0 Å². The van der Waals surface area contributed by atoms with E-state index in [-0.39, 0.29) is 29.8 Å². The van der Waals surface area contributed by atoms with Crippen LogP contribution in [-0.4, -0.2) is 41.9 Å². The summed E-state index contributed by atoms with van der Waals surface area (Å²) in [7, 11) is 0. The van der Waals surface area contributed by atoms with Crippen molar-refractivity contribution in [1.82, 2.24) is 4.90 Å². The topological polar surface area (TPSA) is 49.9 Å². The van der Waals surface area contributed by atoms with Crippen molar-refractivity contribution in [3.63, 3.8) is 0 Å². The van der Waals surface area contributed by atoms with Gasteiger partial charge in [0, 0.05) is 49.6 Å².